The van der Waals surface area contributed by atoms with Crippen LogP contribution in [0.25, 0.3) is 10.9 Å². The van der Waals surface area contributed by atoms with E-state index in [0.29, 0.717) is 17.1 Å². The van der Waals surface area contributed by atoms with Gasteiger partial charge in [0.15, 0.2) is 0 Å². The zero-order valence-corrected chi connectivity index (χ0v) is 20.1. The molecule has 2 amide bonds. The lowest BCUT2D eigenvalue weighted by Crippen LogP contribution is -2.45. The SMILES string of the molecule is CCn1c(C)c(CC(=O)N[C@@H](Cc2ccccc2)C(=O)Nc2ccccc2)c2cccc(Cl)c21. The fourth-order valence-electron chi connectivity index (χ4n) is 4.39. The summed E-state index contributed by atoms with van der Waals surface area (Å²) in [6.45, 7) is 4.82. The number of fused-ring (bicyclic) bond motifs is 1. The van der Waals surface area contributed by atoms with E-state index in [0.717, 1.165) is 34.3 Å². The van der Waals surface area contributed by atoms with E-state index < -0.39 is 6.04 Å². The van der Waals surface area contributed by atoms with Crippen LogP contribution in [-0.4, -0.2) is 22.4 Å². The van der Waals surface area contributed by atoms with E-state index >= 15 is 0 Å². The summed E-state index contributed by atoms with van der Waals surface area (Å²) in [5, 5.41) is 7.53. The number of aromatic nitrogens is 1. The number of anilines is 1. The van der Waals surface area contributed by atoms with Crippen LogP contribution in [0.2, 0.25) is 5.02 Å². The van der Waals surface area contributed by atoms with Crippen LogP contribution in [0.4, 0.5) is 5.69 Å². The van der Waals surface area contributed by atoms with Gasteiger partial charge in [0.05, 0.1) is 17.0 Å². The Hall–Kier alpha value is -3.57. The summed E-state index contributed by atoms with van der Waals surface area (Å²) in [6.07, 6.45) is 0.562. The molecular weight excluding hydrogens is 446 g/mol. The Morgan fingerprint density at radius 1 is 0.941 bits per heavy atom. The summed E-state index contributed by atoms with van der Waals surface area (Å²) in [4.78, 5) is 26.3. The van der Waals surface area contributed by atoms with Crippen LogP contribution in [0.3, 0.4) is 0 Å². The van der Waals surface area contributed by atoms with Crippen molar-refractivity contribution in [2.45, 2.75) is 39.3 Å². The normalized spacial score (nSPS) is 11.9. The van der Waals surface area contributed by atoms with E-state index in [1.165, 1.54) is 0 Å². The Morgan fingerprint density at radius 2 is 1.62 bits per heavy atom. The molecule has 2 N–H and O–H groups in total. The number of carbonyl (C=O) groups excluding carboxylic acids is 2. The highest BCUT2D eigenvalue weighted by molar-refractivity contribution is 6.35. The van der Waals surface area contributed by atoms with Crippen molar-refractivity contribution in [2.24, 2.45) is 0 Å². The van der Waals surface area contributed by atoms with Gasteiger partial charge in [-0.25, -0.2) is 0 Å². The number of hydrogen-bond acceptors (Lipinski definition) is 2. The van der Waals surface area contributed by atoms with Gasteiger partial charge >= 0.3 is 0 Å². The average molecular weight is 474 g/mol. The van der Waals surface area contributed by atoms with Crippen molar-refractivity contribution < 1.29 is 9.59 Å². The van der Waals surface area contributed by atoms with Crippen LogP contribution < -0.4 is 10.6 Å². The zero-order chi connectivity index (χ0) is 24.1. The number of para-hydroxylation sites is 2. The summed E-state index contributed by atoms with van der Waals surface area (Å²) < 4.78 is 2.13. The average Bonchev–Trinajstić information content (AvgIpc) is 3.11. The summed E-state index contributed by atoms with van der Waals surface area (Å²) in [6, 6.07) is 24.0. The lowest BCUT2D eigenvalue weighted by Gasteiger charge is -2.19. The molecule has 0 unspecified atom stereocenters. The highest BCUT2D eigenvalue weighted by atomic mass is 35.5. The van der Waals surface area contributed by atoms with Gasteiger partial charge in [-0.2, -0.15) is 0 Å². The number of aryl methyl sites for hydroxylation is 1. The van der Waals surface area contributed by atoms with Gasteiger partial charge < -0.3 is 15.2 Å². The third-order valence-corrected chi connectivity index (χ3v) is 6.36. The van der Waals surface area contributed by atoms with Crippen LogP contribution in [0.5, 0.6) is 0 Å². The summed E-state index contributed by atoms with van der Waals surface area (Å²) in [5.41, 5.74) is 4.54. The molecule has 34 heavy (non-hydrogen) atoms. The molecule has 6 heteroatoms. The van der Waals surface area contributed by atoms with Gasteiger partial charge in [-0.05, 0) is 43.2 Å². The Bertz CT molecular complexity index is 1300. The van der Waals surface area contributed by atoms with Crippen molar-refractivity contribution in [3.05, 3.63) is 101 Å². The van der Waals surface area contributed by atoms with Crippen molar-refractivity contribution in [1.82, 2.24) is 9.88 Å². The molecule has 0 aliphatic rings. The molecule has 0 saturated heterocycles. The smallest absolute Gasteiger partial charge is 0.247 e. The second-order valence-electron chi connectivity index (χ2n) is 8.29. The number of benzene rings is 3. The van der Waals surface area contributed by atoms with E-state index in [4.69, 9.17) is 11.6 Å². The molecule has 0 bridgehead atoms. The number of amides is 2. The third-order valence-electron chi connectivity index (χ3n) is 6.05. The van der Waals surface area contributed by atoms with Gasteiger partial charge in [-0.3, -0.25) is 9.59 Å². The van der Waals surface area contributed by atoms with Gasteiger partial charge in [-0.15, -0.1) is 0 Å². The minimum absolute atomic E-state index is 0.166. The maximum Gasteiger partial charge on any atom is 0.247 e. The Morgan fingerprint density at radius 3 is 2.29 bits per heavy atom. The molecule has 0 fully saturated rings. The monoisotopic (exact) mass is 473 g/mol. The summed E-state index contributed by atoms with van der Waals surface area (Å²) >= 11 is 6.48. The molecule has 0 spiro atoms. The van der Waals surface area contributed by atoms with Crippen molar-refractivity contribution in [3.8, 4) is 0 Å². The molecule has 1 atom stereocenters. The summed E-state index contributed by atoms with van der Waals surface area (Å²) in [5.74, 6) is -0.457. The van der Waals surface area contributed by atoms with E-state index in [1.807, 2.05) is 85.8 Å². The summed E-state index contributed by atoms with van der Waals surface area (Å²) in [7, 11) is 0. The van der Waals surface area contributed by atoms with Gasteiger partial charge in [0, 0.05) is 29.7 Å². The van der Waals surface area contributed by atoms with Gasteiger partial charge in [0.25, 0.3) is 0 Å². The zero-order valence-electron chi connectivity index (χ0n) is 19.3. The predicted molar refractivity (Wildman–Crippen MR) is 138 cm³/mol. The molecule has 3 aromatic carbocycles. The van der Waals surface area contributed by atoms with Crippen molar-refractivity contribution in [2.75, 3.05) is 5.32 Å². The first-order valence-corrected chi connectivity index (χ1v) is 11.8. The van der Waals surface area contributed by atoms with Crippen LogP contribution in [-0.2, 0) is 29.0 Å². The Balaban J connectivity index is 1.58. The predicted octanol–water partition coefficient (Wildman–Crippen LogP) is 5.53. The lowest BCUT2D eigenvalue weighted by atomic mass is 10.0. The van der Waals surface area contributed by atoms with Crippen molar-refractivity contribution in [3.63, 3.8) is 0 Å². The topological polar surface area (TPSA) is 63.1 Å². The van der Waals surface area contributed by atoms with E-state index in [1.54, 1.807) is 0 Å². The Labute approximate surface area is 204 Å². The van der Waals surface area contributed by atoms with Crippen LogP contribution in [0.15, 0.2) is 78.9 Å². The van der Waals surface area contributed by atoms with Gasteiger partial charge in [0.2, 0.25) is 11.8 Å². The fraction of sp³-hybridized carbons (Fsp3) is 0.214. The second kappa shape index (κ2) is 10.6. The van der Waals surface area contributed by atoms with Crippen molar-refractivity contribution in [1.29, 1.82) is 0 Å². The lowest BCUT2D eigenvalue weighted by molar-refractivity contribution is -0.126. The van der Waals surface area contributed by atoms with Crippen LogP contribution in [0, 0.1) is 6.92 Å². The number of nitrogens with zero attached hydrogens (tertiary/aromatic N) is 1. The van der Waals surface area contributed by atoms with E-state index in [9.17, 15) is 9.59 Å². The molecule has 0 radical (unpaired) electrons. The van der Waals surface area contributed by atoms with E-state index in [2.05, 4.69) is 22.1 Å². The molecule has 4 rings (SSSR count). The van der Waals surface area contributed by atoms with Crippen LogP contribution in [0.1, 0.15) is 23.7 Å². The Kier molecular flexibility index (Phi) is 7.33. The van der Waals surface area contributed by atoms with Gasteiger partial charge in [0.1, 0.15) is 6.04 Å². The second-order valence-corrected chi connectivity index (χ2v) is 8.69. The highest BCUT2D eigenvalue weighted by Gasteiger charge is 2.24. The molecule has 1 heterocycles. The number of nitrogens with one attached hydrogen (secondary N) is 2. The molecule has 0 saturated carbocycles. The third kappa shape index (κ3) is 5.15. The van der Waals surface area contributed by atoms with Crippen LogP contribution >= 0.6 is 11.6 Å². The number of carbonyl (C=O) groups is 2. The van der Waals surface area contributed by atoms with Crippen molar-refractivity contribution >= 4 is 40.0 Å². The maximum atomic E-state index is 13.2. The number of halogens is 1. The van der Waals surface area contributed by atoms with E-state index in [-0.39, 0.29) is 18.2 Å². The quantitative estimate of drug-likeness (QED) is 0.353. The standard InChI is InChI=1S/C28H28ClN3O2/c1-3-32-19(2)23(22-15-10-16-24(29)27(22)32)18-26(33)31-25(17-20-11-6-4-7-12-20)28(34)30-21-13-8-5-9-14-21/h4-16,25H,3,17-18H2,1-2H3,(H,30,34)(H,31,33)/t25-/m0/s1. The van der Waals surface area contributed by atoms with Gasteiger partial charge in [-0.1, -0.05) is 72.3 Å². The molecule has 4 aromatic rings. The largest absolute Gasteiger partial charge is 0.344 e. The maximum absolute atomic E-state index is 13.2. The molecule has 1 aromatic heterocycles. The molecule has 0 aliphatic carbocycles. The minimum Gasteiger partial charge on any atom is -0.344 e. The number of hydrogen-bond donors (Lipinski definition) is 2. The first kappa shape index (κ1) is 23.6. The minimum atomic E-state index is -0.710. The number of rotatable bonds is 8. The molecule has 174 valence electrons. The highest BCUT2D eigenvalue weighted by Crippen LogP contribution is 2.31. The first-order chi connectivity index (χ1) is 16.5. The molecule has 0 aliphatic heterocycles. The first-order valence-electron chi connectivity index (χ1n) is 11.4. The fourth-order valence-corrected chi connectivity index (χ4v) is 4.67. The molecule has 5 nitrogen and oxygen atoms in total. The molecular formula is C28H28ClN3O2.